The van der Waals surface area contributed by atoms with Gasteiger partial charge in [-0.1, -0.05) is 11.6 Å². The van der Waals surface area contributed by atoms with Crippen LogP contribution in [0.1, 0.15) is 12.5 Å². The summed E-state index contributed by atoms with van der Waals surface area (Å²) in [6, 6.07) is 7.29. The Hall–Kier alpha value is -3.24. The molecule has 3 aromatic rings. The fraction of sp³-hybridized carbons (Fsp3) is 0.211. The van der Waals surface area contributed by atoms with Gasteiger partial charge in [0.15, 0.2) is 11.5 Å². The first kappa shape index (κ1) is 18.5. The van der Waals surface area contributed by atoms with Crippen molar-refractivity contribution >= 4 is 17.4 Å². The summed E-state index contributed by atoms with van der Waals surface area (Å²) in [6.45, 7) is 2.33. The molecule has 2 heterocycles. The van der Waals surface area contributed by atoms with Crippen LogP contribution >= 0.6 is 11.6 Å². The predicted molar refractivity (Wildman–Crippen MR) is 104 cm³/mol. The number of hydrogen-bond acceptors (Lipinski definition) is 6. The fourth-order valence-corrected chi connectivity index (χ4v) is 3.02. The molecule has 0 atom stereocenters. The molecular weight excluding hydrogens is 366 g/mol. The molecule has 2 aromatic heterocycles. The van der Waals surface area contributed by atoms with Crippen LogP contribution in [0.5, 0.6) is 11.5 Å². The second-order valence-corrected chi connectivity index (χ2v) is 6.15. The van der Waals surface area contributed by atoms with Crippen molar-refractivity contribution in [3.63, 3.8) is 0 Å². The number of benzene rings is 1. The smallest absolute Gasteiger partial charge is 0.162 e. The monoisotopic (exact) mass is 383 g/mol. The van der Waals surface area contributed by atoms with Crippen LogP contribution < -0.4 is 15.2 Å². The Labute approximate surface area is 161 Å². The van der Waals surface area contributed by atoms with E-state index in [1.807, 2.05) is 20.2 Å². The van der Waals surface area contributed by atoms with Gasteiger partial charge in [0.1, 0.15) is 17.5 Å². The zero-order valence-corrected chi connectivity index (χ0v) is 15.9. The Morgan fingerprint density at radius 2 is 2.04 bits per heavy atom. The summed E-state index contributed by atoms with van der Waals surface area (Å²) < 4.78 is 12.6. The van der Waals surface area contributed by atoms with Crippen LogP contribution in [0.2, 0.25) is 5.02 Å². The van der Waals surface area contributed by atoms with E-state index >= 15 is 0 Å². The van der Waals surface area contributed by atoms with Crippen molar-refractivity contribution in [1.29, 1.82) is 5.26 Å². The van der Waals surface area contributed by atoms with E-state index in [2.05, 4.69) is 16.2 Å². The van der Waals surface area contributed by atoms with Crippen molar-refractivity contribution in [2.45, 2.75) is 6.92 Å². The lowest BCUT2D eigenvalue weighted by atomic mass is 9.98. The van der Waals surface area contributed by atoms with E-state index in [0.29, 0.717) is 39.9 Å². The Morgan fingerprint density at radius 1 is 1.26 bits per heavy atom. The highest BCUT2D eigenvalue weighted by Gasteiger charge is 2.19. The van der Waals surface area contributed by atoms with Crippen molar-refractivity contribution in [1.82, 2.24) is 14.8 Å². The molecule has 0 aliphatic rings. The average Bonchev–Trinajstić information content (AvgIpc) is 3.08. The van der Waals surface area contributed by atoms with Gasteiger partial charge in [-0.25, -0.2) is 4.98 Å². The number of aryl methyl sites for hydroxylation is 1. The molecule has 0 aliphatic carbocycles. The van der Waals surface area contributed by atoms with E-state index in [0.717, 1.165) is 5.56 Å². The summed E-state index contributed by atoms with van der Waals surface area (Å²) in [5, 5.41) is 14.2. The van der Waals surface area contributed by atoms with E-state index in [-0.39, 0.29) is 11.4 Å². The number of pyridine rings is 1. The summed E-state index contributed by atoms with van der Waals surface area (Å²) in [7, 11) is 3.35. The van der Waals surface area contributed by atoms with Crippen molar-refractivity contribution in [3.8, 4) is 40.0 Å². The average molecular weight is 384 g/mol. The van der Waals surface area contributed by atoms with Gasteiger partial charge in [0.25, 0.3) is 0 Å². The van der Waals surface area contributed by atoms with Crippen LogP contribution in [0.25, 0.3) is 22.4 Å². The van der Waals surface area contributed by atoms with Gasteiger partial charge in [0.05, 0.1) is 30.6 Å². The summed E-state index contributed by atoms with van der Waals surface area (Å²) in [5.41, 5.74) is 8.86. The van der Waals surface area contributed by atoms with Crippen LogP contribution in [0.3, 0.4) is 0 Å². The zero-order valence-electron chi connectivity index (χ0n) is 15.2. The highest BCUT2D eigenvalue weighted by Crippen LogP contribution is 2.41. The minimum absolute atomic E-state index is 0.124. The van der Waals surface area contributed by atoms with Gasteiger partial charge in [-0.05, 0) is 19.1 Å². The summed E-state index contributed by atoms with van der Waals surface area (Å²) in [6.07, 6.45) is 3.50. The van der Waals surface area contributed by atoms with Gasteiger partial charge >= 0.3 is 0 Å². The minimum atomic E-state index is 0.124. The highest BCUT2D eigenvalue weighted by atomic mass is 35.5. The number of hydrogen-bond donors (Lipinski definition) is 1. The molecule has 1 aromatic carbocycles. The number of nitrogen functional groups attached to an aromatic ring is 1. The second kappa shape index (κ2) is 7.56. The summed E-state index contributed by atoms with van der Waals surface area (Å²) in [4.78, 5) is 4.34. The number of ether oxygens (including phenoxy) is 2. The first-order chi connectivity index (χ1) is 13.0. The normalized spacial score (nSPS) is 10.5. The van der Waals surface area contributed by atoms with Crippen LogP contribution in [0, 0.1) is 11.3 Å². The second-order valence-electron chi connectivity index (χ2n) is 5.75. The molecule has 0 bridgehead atoms. The SMILES string of the molecule is CCOc1cc(-c2cc(-c3cnn(C)c3)nc(N)c2C#N)c(Cl)cc1OC. The third-order valence-corrected chi connectivity index (χ3v) is 4.32. The molecule has 138 valence electrons. The number of nitrogens with zero attached hydrogens (tertiary/aromatic N) is 4. The molecule has 0 aliphatic heterocycles. The molecule has 0 saturated heterocycles. The third kappa shape index (κ3) is 3.52. The Balaban J connectivity index is 2.25. The van der Waals surface area contributed by atoms with Crippen LogP contribution in [-0.4, -0.2) is 28.5 Å². The quantitative estimate of drug-likeness (QED) is 0.721. The van der Waals surface area contributed by atoms with E-state index in [9.17, 15) is 5.26 Å². The first-order valence-electron chi connectivity index (χ1n) is 8.18. The number of nitriles is 1. The summed E-state index contributed by atoms with van der Waals surface area (Å²) >= 11 is 6.48. The number of rotatable bonds is 5. The third-order valence-electron chi connectivity index (χ3n) is 4.00. The molecule has 0 amide bonds. The summed E-state index contributed by atoms with van der Waals surface area (Å²) in [5.74, 6) is 1.17. The Kier molecular flexibility index (Phi) is 5.19. The number of anilines is 1. The molecule has 27 heavy (non-hydrogen) atoms. The maximum absolute atomic E-state index is 9.60. The van der Waals surface area contributed by atoms with Gasteiger partial charge in [0.2, 0.25) is 0 Å². The molecule has 0 radical (unpaired) electrons. The van der Waals surface area contributed by atoms with Gasteiger partial charge in [-0.2, -0.15) is 10.4 Å². The number of methoxy groups -OCH3 is 1. The molecule has 2 N–H and O–H groups in total. The lowest BCUT2D eigenvalue weighted by Gasteiger charge is -2.15. The van der Waals surface area contributed by atoms with Gasteiger partial charge in [-0.15, -0.1) is 0 Å². The lowest BCUT2D eigenvalue weighted by Crippen LogP contribution is -2.01. The molecule has 0 saturated carbocycles. The van der Waals surface area contributed by atoms with E-state index in [4.69, 9.17) is 26.8 Å². The largest absolute Gasteiger partial charge is 0.493 e. The molecule has 0 fully saturated rings. The van der Waals surface area contributed by atoms with Crippen LogP contribution in [-0.2, 0) is 7.05 Å². The van der Waals surface area contributed by atoms with Crippen molar-refractivity contribution < 1.29 is 9.47 Å². The highest BCUT2D eigenvalue weighted by molar-refractivity contribution is 6.33. The van der Waals surface area contributed by atoms with E-state index < -0.39 is 0 Å². The zero-order chi connectivity index (χ0) is 19.6. The van der Waals surface area contributed by atoms with E-state index in [1.165, 1.54) is 0 Å². The van der Waals surface area contributed by atoms with Gasteiger partial charge in [0, 0.05) is 36.0 Å². The van der Waals surface area contributed by atoms with Crippen molar-refractivity contribution in [2.24, 2.45) is 7.05 Å². The van der Waals surface area contributed by atoms with Crippen molar-refractivity contribution in [3.05, 3.63) is 41.2 Å². The molecular formula is C19H18ClN5O2. The van der Waals surface area contributed by atoms with Gasteiger partial charge in [-0.3, -0.25) is 4.68 Å². The fourth-order valence-electron chi connectivity index (χ4n) is 2.77. The van der Waals surface area contributed by atoms with E-state index in [1.54, 1.807) is 36.2 Å². The molecule has 0 unspecified atom stereocenters. The number of halogens is 1. The standard InChI is InChI=1S/C19H18ClN5O2/c1-4-27-18-6-13(15(20)7-17(18)26-3)12-5-16(11-9-23-25(2)10-11)24-19(22)14(12)8-21/h5-7,9-10H,4H2,1-3H3,(H2,22,24). The maximum atomic E-state index is 9.60. The topological polar surface area (TPSA) is 99.0 Å². The van der Waals surface area contributed by atoms with Crippen LogP contribution in [0.4, 0.5) is 5.82 Å². The minimum Gasteiger partial charge on any atom is -0.493 e. The van der Waals surface area contributed by atoms with Gasteiger partial charge < -0.3 is 15.2 Å². The Bertz CT molecular complexity index is 1040. The number of aromatic nitrogens is 3. The Morgan fingerprint density at radius 3 is 2.63 bits per heavy atom. The maximum Gasteiger partial charge on any atom is 0.162 e. The van der Waals surface area contributed by atoms with Crippen molar-refractivity contribution in [2.75, 3.05) is 19.5 Å². The predicted octanol–water partition coefficient (Wildman–Crippen LogP) is 3.66. The number of nitrogens with two attached hydrogens (primary N) is 1. The lowest BCUT2D eigenvalue weighted by molar-refractivity contribution is 0.311. The molecule has 7 nitrogen and oxygen atoms in total. The van der Waals surface area contributed by atoms with Crippen LogP contribution in [0.15, 0.2) is 30.6 Å². The first-order valence-corrected chi connectivity index (χ1v) is 8.56. The molecule has 3 rings (SSSR count). The molecule has 8 heteroatoms. The molecule has 0 spiro atoms.